The lowest BCUT2D eigenvalue weighted by Crippen LogP contribution is -2.40. The van der Waals surface area contributed by atoms with Gasteiger partial charge < -0.3 is 5.32 Å². The summed E-state index contributed by atoms with van der Waals surface area (Å²) in [5, 5.41) is 3.75. The molecule has 0 radical (unpaired) electrons. The standard InChI is InChI=1S/C19H31NS/c1-4-16-10-12-17(13-11-16)18(20-5-2)14-21-19-9-7-6-8-15(19)3/h6-9,16-18,20H,4-5,10-14H2,1-3H3. The Hall–Kier alpha value is -0.470. The summed E-state index contributed by atoms with van der Waals surface area (Å²) in [7, 11) is 0. The molecule has 0 aliphatic heterocycles. The topological polar surface area (TPSA) is 12.0 Å². The van der Waals surface area contributed by atoms with E-state index in [1.807, 2.05) is 11.8 Å². The van der Waals surface area contributed by atoms with Crippen molar-refractivity contribution in [1.29, 1.82) is 0 Å². The van der Waals surface area contributed by atoms with Crippen molar-refractivity contribution in [1.82, 2.24) is 5.32 Å². The first kappa shape index (κ1) is 16.9. The molecule has 0 aromatic heterocycles. The van der Waals surface area contributed by atoms with Crippen LogP contribution in [0.5, 0.6) is 0 Å². The predicted molar refractivity (Wildman–Crippen MR) is 95.1 cm³/mol. The Morgan fingerprint density at radius 3 is 2.48 bits per heavy atom. The molecule has 1 aliphatic carbocycles. The Morgan fingerprint density at radius 2 is 1.86 bits per heavy atom. The van der Waals surface area contributed by atoms with Gasteiger partial charge in [0.05, 0.1) is 0 Å². The van der Waals surface area contributed by atoms with Crippen molar-refractivity contribution in [3.63, 3.8) is 0 Å². The molecule has 0 saturated heterocycles. The normalized spacial score (nSPS) is 24.0. The van der Waals surface area contributed by atoms with Gasteiger partial charge in [0.2, 0.25) is 0 Å². The van der Waals surface area contributed by atoms with Gasteiger partial charge in [0, 0.05) is 16.7 Å². The molecule has 1 aliphatic rings. The van der Waals surface area contributed by atoms with E-state index in [1.54, 1.807) is 0 Å². The second kappa shape index (κ2) is 8.85. The van der Waals surface area contributed by atoms with Gasteiger partial charge in [-0.25, -0.2) is 0 Å². The molecular weight excluding hydrogens is 274 g/mol. The molecule has 2 heteroatoms. The van der Waals surface area contributed by atoms with Crippen molar-refractivity contribution in [2.45, 2.75) is 63.8 Å². The first-order valence-corrected chi connectivity index (χ1v) is 9.65. The molecule has 1 saturated carbocycles. The fraction of sp³-hybridized carbons (Fsp3) is 0.684. The summed E-state index contributed by atoms with van der Waals surface area (Å²) in [6.45, 7) is 7.90. The van der Waals surface area contributed by atoms with Gasteiger partial charge in [-0.2, -0.15) is 0 Å². The second-order valence-corrected chi connectivity index (χ2v) is 7.49. The van der Waals surface area contributed by atoms with E-state index in [4.69, 9.17) is 0 Å². The Bertz CT molecular complexity index is 410. The summed E-state index contributed by atoms with van der Waals surface area (Å²) in [6.07, 6.45) is 7.10. The number of rotatable bonds is 7. The largest absolute Gasteiger partial charge is 0.313 e. The maximum Gasteiger partial charge on any atom is 0.0189 e. The third-order valence-electron chi connectivity index (χ3n) is 5.02. The first-order chi connectivity index (χ1) is 10.2. The zero-order valence-electron chi connectivity index (χ0n) is 13.9. The molecule has 0 spiro atoms. The van der Waals surface area contributed by atoms with Crippen LogP contribution in [0.1, 0.15) is 51.5 Å². The lowest BCUT2D eigenvalue weighted by Gasteiger charge is -2.34. The van der Waals surface area contributed by atoms with Crippen molar-refractivity contribution >= 4 is 11.8 Å². The molecule has 0 amide bonds. The van der Waals surface area contributed by atoms with Crippen molar-refractivity contribution in [2.75, 3.05) is 12.3 Å². The maximum absolute atomic E-state index is 3.75. The van der Waals surface area contributed by atoms with Gasteiger partial charge in [0.15, 0.2) is 0 Å². The highest BCUT2D eigenvalue weighted by Crippen LogP contribution is 2.34. The fourth-order valence-electron chi connectivity index (χ4n) is 3.52. The summed E-state index contributed by atoms with van der Waals surface area (Å²) in [5.41, 5.74) is 1.41. The van der Waals surface area contributed by atoms with Gasteiger partial charge in [0.25, 0.3) is 0 Å². The minimum Gasteiger partial charge on any atom is -0.313 e. The van der Waals surface area contributed by atoms with Crippen LogP contribution in [0.15, 0.2) is 29.2 Å². The van der Waals surface area contributed by atoms with Gasteiger partial charge in [-0.05, 0) is 49.8 Å². The van der Waals surface area contributed by atoms with Gasteiger partial charge in [-0.3, -0.25) is 0 Å². The van der Waals surface area contributed by atoms with E-state index < -0.39 is 0 Å². The zero-order valence-corrected chi connectivity index (χ0v) is 14.7. The molecule has 1 fully saturated rings. The lowest BCUT2D eigenvalue weighted by molar-refractivity contribution is 0.229. The molecule has 1 aromatic carbocycles. The molecule has 2 rings (SSSR count). The smallest absolute Gasteiger partial charge is 0.0189 e. The number of thioether (sulfide) groups is 1. The van der Waals surface area contributed by atoms with E-state index in [0.717, 1.165) is 18.4 Å². The van der Waals surface area contributed by atoms with E-state index in [0.29, 0.717) is 6.04 Å². The quantitative estimate of drug-likeness (QED) is 0.688. The van der Waals surface area contributed by atoms with E-state index in [1.165, 1.54) is 48.3 Å². The summed E-state index contributed by atoms with van der Waals surface area (Å²) in [6, 6.07) is 9.45. The molecular formula is C19H31NS. The van der Waals surface area contributed by atoms with E-state index in [9.17, 15) is 0 Å². The number of nitrogens with one attached hydrogen (secondary N) is 1. The molecule has 21 heavy (non-hydrogen) atoms. The van der Waals surface area contributed by atoms with Crippen LogP contribution in [0.2, 0.25) is 0 Å². The maximum atomic E-state index is 3.75. The molecule has 0 bridgehead atoms. The highest BCUT2D eigenvalue weighted by atomic mass is 32.2. The first-order valence-electron chi connectivity index (χ1n) is 8.66. The van der Waals surface area contributed by atoms with Crippen molar-refractivity contribution in [2.24, 2.45) is 11.8 Å². The van der Waals surface area contributed by atoms with E-state index in [2.05, 4.69) is 50.4 Å². The van der Waals surface area contributed by atoms with Gasteiger partial charge in [-0.1, -0.05) is 51.3 Å². The Balaban J connectivity index is 1.89. The average Bonchev–Trinajstić information content (AvgIpc) is 2.53. The van der Waals surface area contributed by atoms with Crippen molar-refractivity contribution in [3.05, 3.63) is 29.8 Å². The SMILES string of the molecule is CCNC(CSc1ccccc1C)C1CCC(CC)CC1. The lowest BCUT2D eigenvalue weighted by atomic mass is 9.78. The molecule has 1 N–H and O–H groups in total. The number of aryl methyl sites for hydroxylation is 1. The van der Waals surface area contributed by atoms with E-state index >= 15 is 0 Å². The Labute approximate surface area is 135 Å². The van der Waals surface area contributed by atoms with Crippen LogP contribution < -0.4 is 5.32 Å². The summed E-state index contributed by atoms with van der Waals surface area (Å²) in [4.78, 5) is 1.45. The molecule has 0 heterocycles. The molecule has 1 unspecified atom stereocenters. The van der Waals surface area contributed by atoms with Gasteiger partial charge >= 0.3 is 0 Å². The molecule has 1 atom stereocenters. The zero-order chi connectivity index (χ0) is 15.1. The summed E-state index contributed by atoms with van der Waals surface area (Å²) in [5.74, 6) is 3.08. The highest BCUT2D eigenvalue weighted by molar-refractivity contribution is 7.99. The molecule has 118 valence electrons. The van der Waals surface area contributed by atoms with Crippen molar-refractivity contribution in [3.8, 4) is 0 Å². The Morgan fingerprint density at radius 1 is 1.14 bits per heavy atom. The molecule has 1 nitrogen and oxygen atoms in total. The fourth-order valence-corrected chi connectivity index (χ4v) is 4.74. The van der Waals surface area contributed by atoms with Crippen LogP contribution in [0.4, 0.5) is 0 Å². The van der Waals surface area contributed by atoms with Gasteiger partial charge in [-0.15, -0.1) is 11.8 Å². The van der Waals surface area contributed by atoms with Crippen LogP contribution in [0.3, 0.4) is 0 Å². The van der Waals surface area contributed by atoms with Crippen LogP contribution in [0, 0.1) is 18.8 Å². The predicted octanol–water partition coefficient (Wildman–Crippen LogP) is 5.28. The third-order valence-corrected chi connectivity index (χ3v) is 6.31. The monoisotopic (exact) mass is 305 g/mol. The number of hydrogen-bond acceptors (Lipinski definition) is 2. The van der Waals surface area contributed by atoms with Crippen LogP contribution >= 0.6 is 11.8 Å². The minimum atomic E-state index is 0.678. The number of benzene rings is 1. The van der Waals surface area contributed by atoms with E-state index in [-0.39, 0.29) is 0 Å². The summed E-state index contributed by atoms with van der Waals surface area (Å²) >= 11 is 2.03. The minimum absolute atomic E-state index is 0.678. The van der Waals surface area contributed by atoms with Crippen LogP contribution in [0.25, 0.3) is 0 Å². The van der Waals surface area contributed by atoms with Gasteiger partial charge in [0.1, 0.15) is 0 Å². The van der Waals surface area contributed by atoms with Crippen molar-refractivity contribution < 1.29 is 0 Å². The average molecular weight is 306 g/mol. The molecule has 1 aromatic rings. The number of hydrogen-bond donors (Lipinski definition) is 1. The van der Waals surface area contributed by atoms with Crippen LogP contribution in [-0.2, 0) is 0 Å². The summed E-state index contributed by atoms with van der Waals surface area (Å²) < 4.78 is 0. The van der Waals surface area contributed by atoms with Crippen LogP contribution in [-0.4, -0.2) is 18.3 Å². The highest BCUT2D eigenvalue weighted by Gasteiger charge is 2.26. The second-order valence-electron chi connectivity index (χ2n) is 6.43. The third kappa shape index (κ3) is 5.03. The Kier molecular flexibility index (Phi) is 7.12.